The molecule has 2 heterocycles. The Morgan fingerprint density at radius 3 is 3.06 bits per heavy atom. The Morgan fingerprint density at radius 1 is 1.33 bits per heavy atom. The van der Waals surface area contributed by atoms with Crippen LogP contribution in [0.1, 0.15) is 19.8 Å². The van der Waals surface area contributed by atoms with Crippen LogP contribution in [0.2, 0.25) is 0 Å². The molecule has 0 radical (unpaired) electrons. The third kappa shape index (κ3) is 2.06. The Labute approximate surface area is 108 Å². The van der Waals surface area contributed by atoms with Crippen molar-refractivity contribution in [3.05, 3.63) is 36.5 Å². The third-order valence-electron chi connectivity index (χ3n) is 3.83. The summed E-state index contributed by atoms with van der Waals surface area (Å²) in [5.41, 5.74) is 8.36. The fraction of sp³-hybridized carbons (Fsp3) is 0.400. The summed E-state index contributed by atoms with van der Waals surface area (Å²) in [5, 5.41) is 1.21. The number of hydrogen-bond donors (Lipinski definition) is 1. The van der Waals surface area contributed by atoms with Crippen LogP contribution in [0.5, 0.6) is 0 Å². The molecule has 2 N–H and O–H groups in total. The smallest absolute Gasteiger partial charge is 0.0703 e. The van der Waals surface area contributed by atoms with Crippen molar-refractivity contribution >= 4 is 16.6 Å². The minimum Gasteiger partial charge on any atom is -0.369 e. The lowest BCUT2D eigenvalue weighted by Crippen LogP contribution is -2.45. The summed E-state index contributed by atoms with van der Waals surface area (Å²) < 4.78 is 0. The quantitative estimate of drug-likeness (QED) is 0.834. The Kier molecular flexibility index (Phi) is 2.92. The highest BCUT2D eigenvalue weighted by molar-refractivity contribution is 5.82. The van der Waals surface area contributed by atoms with E-state index in [1.807, 2.05) is 12.3 Å². The molecule has 1 aliphatic heterocycles. The van der Waals surface area contributed by atoms with Gasteiger partial charge in [0.15, 0.2) is 0 Å². The second-order valence-electron chi connectivity index (χ2n) is 5.21. The number of fused-ring (bicyclic) bond motifs is 1. The molecular formula is C15H19N3. The maximum absolute atomic E-state index is 6.02. The number of hydrogen-bond acceptors (Lipinski definition) is 3. The monoisotopic (exact) mass is 241 g/mol. The zero-order valence-electron chi connectivity index (χ0n) is 10.7. The molecule has 0 bridgehead atoms. The highest BCUT2D eigenvalue weighted by Gasteiger charge is 2.23. The zero-order valence-corrected chi connectivity index (χ0v) is 10.7. The van der Waals surface area contributed by atoms with Gasteiger partial charge in [0.05, 0.1) is 5.52 Å². The second kappa shape index (κ2) is 4.58. The van der Waals surface area contributed by atoms with Gasteiger partial charge in [0.1, 0.15) is 0 Å². The van der Waals surface area contributed by atoms with Crippen LogP contribution in [-0.4, -0.2) is 23.6 Å². The van der Waals surface area contributed by atoms with Crippen LogP contribution >= 0.6 is 0 Å². The molecule has 3 nitrogen and oxygen atoms in total. The Bertz CT molecular complexity index is 552. The van der Waals surface area contributed by atoms with Gasteiger partial charge >= 0.3 is 0 Å². The number of nitrogens with two attached hydrogens (primary N) is 1. The molecule has 0 amide bonds. The fourth-order valence-corrected chi connectivity index (χ4v) is 2.83. The molecule has 3 heteroatoms. The molecule has 1 saturated heterocycles. The SMILES string of the molecule is CC1CC(N)CCN1c1ccc2ncccc2c1. The minimum atomic E-state index is 0.360. The van der Waals surface area contributed by atoms with Crippen molar-refractivity contribution < 1.29 is 0 Å². The number of aromatic nitrogens is 1. The number of rotatable bonds is 1. The highest BCUT2D eigenvalue weighted by Crippen LogP contribution is 2.26. The van der Waals surface area contributed by atoms with Crippen molar-refractivity contribution in [3.8, 4) is 0 Å². The number of pyridine rings is 1. The van der Waals surface area contributed by atoms with Gasteiger partial charge in [-0.05, 0) is 44.0 Å². The van der Waals surface area contributed by atoms with E-state index in [9.17, 15) is 0 Å². The van der Waals surface area contributed by atoms with E-state index in [4.69, 9.17) is 5.73 Å². The van der Waals surface area contributed by atoms with Crippen molar-refractivity contribution in [3.63, 3.8) is 0 Å². The van der Waals surface area contributed by atoms with E-state index in [0.717, 1.165) is 24.9 Å². The van der Waals surface area contributed by atoms with Gasteiger partial charge < -0.3 is 10.6 Å². The van der Waals surface area contributed by atoms with Gasteiger partial charge in [-0.15, -0.1) is 0 Å². The number of benzene rings is 1. The lowest BCUT2D eigenvalue weighted by molar-refractivity contribution is 0.430. The first-order valence-electron chi connectivity index (χ1n) is 6.61. The summed E-state index contributed by atoms with van der Waals surface area (Å²) in [4.78, 5) is 6.81. The summed E-state index contributed by atoms with van der Waals surface area (Å²) in [6.07, 6.45) is 3.99. The zero-order chi connectivity index (χ0) is 12.5. The number of piperidine rings is 1. The molecule has 2 aromatic rings. The van der Waals surface area contributed by atoms with Gasteiger partial charge in [-0.25, -0.2) is 0 Å². The van der Waals surface area contributed by atoms with Gasteiger partial charge in [-0.3, -0.25) is 4.98 Å². The average Bonchev–Trinajstić information content (AvgIpc) is 2.38. The van der Waals surface area contributed by atoms with Gasteiger partial charge in [-0.1, -0.05) is 6.07 Å². The van der Waals surface area contributed by atoms with Crippen molar-refractivity contribution in [2.75, 3.05) is 11.4 Å². The molecule has 3 rings (SSSR count). The lowest BCUT2D eigenvalue weighted by Gasteiger charge is -2.38. The fourth-order valence-electron chi connectivity index (χ4n) is 2.83. The maximum atomic E-state index is 6.02. The Morgan fingerprint density at radius 2 is 2.22 bits per heavy atom. The Hall–Kier alpha value is -1.61. The minimum absolute atomic E-state index is 0.360. The first-order chi connectivity index (χ1) is 8.74. The van der Waals surface area contributed by atoms with Crippen molar-refractivity contribution in [2.24, 2.45) is 5.73 Å². The van der Waals surface area contributed by atoms with E-state index in [2.05, 4.69) is 41.1 Å². The Balaban J connectivity index is 1.94. The van der Waals surface area contributed by atoms with Crippen molar-refractivity contribution in [1.29, 1.82) is 0 Å². The normalized spacial score (nSPS) is 24.4. The summed E-state index contributed by atoms with van der Waals surface area (Å²) in [6, 6.07) is 11.5. The summed E-state index contributed by atoms with van der Waals surface area (Å²) in [7, 11) is 0. The van der Waals surface area contributed by atoms with Crippen LogP contribution in [-0.2, 0) is 0 Å². The standard InChI is InChI=1S/C15H19N3/c1-11-9-13(16)6-8-18(11)14-4-5-15-12(10-14)3-2-7-17-15/h2-5,7,10-11,13H,6,8-9,16H2,1H3. The van der Waals surface area contributed by atoms with Crippen LogP contribution in [0.15, 0.2) is 36.5 Å². The number of nitrogens with zero attached hydrogens (tertiary/aromatic N) is 2. The molecule has 2 atom stereocenters. The van der Waals surface area contributed by atoms with Gasteiger partial charge in [0.2, 0.25) is 0 Å². The second-order valence-corrected chi connectivity index (χ2v) is 5.21. The van der Waals surface area contributed by atoms with Crippen LogP contribution in [0.4, 0.5) is 5.69 Å². The molecule has 1 fully saturated rings. The largest absolute Gasteiger partial charge is 0.369 e. The highest BCUT2D eigenvalue weighted by atomic mass is 15.2. The lowest BCUT2D eigenvalue weighted by atomic mass is 9.98. The van der Waals surface area contributed by atoms with E-state index in [1.165, 1.54) is 11.1 Å². The van der Waals surface area contributed by atoms with E-state index in [1.54, 1.807) is 0 Å². The van der Waals surface area contributed by atoms with E-state index in [0.29, 0.717) is 12.1 Å². The third-order valence-corrected chi connectivity index (χ3v) is 3.83. The number of anilines is 1. The van der Waals surface area contributed by atoms with Gasteiger partial charge in [0, 0.05) is 35.9 Å². The van der Waals surface area contributed by atoms with Gasteiger partial charge in [0.25, 0.3) is 0 Å². The summed E-state index contributed by atoms with van der Waals surface area (Å²) >= 11 is 0. The molecule has 0 saturated carbocycles. The first kappa shape index (κ1) is 11.5. The summed E-state index contributed by atoms with van der Waals surface area (Å²) in [6.45, 7) is 3.31. The van der Waals surface area contributed by atoms with E-state index < -0.39 is 0 Å². The summed E-state index contributed by atoms with van der Waals surface area (Å²) in [5.74, 6) is 0. The molecular weight excluding hydrogens is 222 g/mol. The molecule has 0 aliphatic carbocycles. The maximum Gasteiger partial charge on any atom is 0.0703 e. The molecule has 1 aromatic heterocycles. The first-order valence-corrected chi connectivity index (χ1v) is 6.61. The van der Waals surface area contributed by atoms with Crippen molar-refractivity contribution in [2.45, 2.75) is 31.8 Å². The topological polar surface area (TPSA) is 42.1 Å². The van der Waals surface area contributed by atoms with E-state index in [-0.39, 0.29) is 0 Å². The predicted octanol–water partition coefficient (Wildman–Crippen LogP) is 2.55. The molecule has 0 spiro atoms. The van der Waals surface area contributed by atoms with Crippen LogP contribution in [0.3, 0.4) is 0 Å². The molecule has 1 aromatic carbocycles. The molecule has 18 heavy (non-hydrogen) atoms. The molecule has 94 valence electrons. The van der Waals surface area contributed by atoms with Crippen LogP contribution in [0.25, 0.3) is 10.9 Å². The van der Waals surface area contributed by atoms with Gasteiger partial charge in [-0.2, -0.15) is 0 Å². The van der Waals surface area contributed by atoms with E-state index >= 15 is 0 Å². The predicted molar refractivity (Wildman–Crippen MR) is 75.8 cm³/mol. The molecule has 2 unspecified atom stereocenters. The van der Waals surface area contributed by atoms with Crippen molar-refractivity contribution in [1.82, 2.24) is 4.98 Å². The van der Waals surface area contributed by atoms with Crippen LogP contribution in [0, 0.1) is 0 Å². The van der Waals surface area contributed by atoms with Crippen LogP contribution < -0.4 is 10.6 Å². The average molecular weight is 241 g/mol. The molecule has 1 aliphatic rings.